The van der Waals surface area contributed by atoms with Gasteiger partial charge in [0.2, 0.25) is 5.95 Å². The van der Waals surface area contributed by atoms with Gasteiger partial charge < -0.3 is 29.9 Å². The lowest BCUT2D eigenvalue weighted by Crippen LogP contribution is -2.36. The van der Waals surface area contributed by atoms with Crippen molar-refractivity contribution in [1.29, 1.82) is 0 Å². The van der Waals surface area contributed by atoms with Gasteiger partial charge in [-0.1, -0.05) is 18.2 Å². The predicted octanol–water partition coefficient (Wildman–Crippen LogP) is 4.94. The Labute approximate surface area is 230 Å². The molecule has 2 heterocycles. The number of halogens is 1. The highest BCUT2D eigenvalue weighted by molar-refractivity contribution is 6.04. The van der Waals surface area contributed by atoms with Gasteiger partial charge in [-0.05, 0) is 73.4 Å². The highest BCUT2D eigenvalue weighted by Crippen LogP contribution is 2.25. The fraction of sp³-hybridized carbons (Fsp3) is 0.233. The summed E-state index contributed by atoms with van der Waals surface area (Å²) in [4.78, 5) is 23.8. The highest BCUT2D eigenvalue weighted by Gasteiger charge is 2.22. The van der Waals surface area contributed by atoms with Gasteiger partial charge in [0, 0.05) is 24.2 Å². The van der Waals surface area contributed by atoms with E-state index in [1.165, 1.54) is 24.3 Å². The minimum atomic E-state index is -1.52. The number of nitrogens with one attached hydrogen (secondary N) is 1. The first-order valence-electron chi connectivity index (χ1n) is 12.9. The topological polar surface area (TPSA) is 117 Å². The van der Waals surface area contributed by atoms with Crippen LogP contribution in [-0.4, -0.2) is 45.8 Å². The van der Waals surface area contributed by atoms with Crippen LogP contribution in [0.5, 0.6) is 17.2 Å². The lowest BCUT2D eigenvalue weighted by atomic mass is 9.98. The molecule has 40 heavy (non-hydrogen) atoms. The molecule has 0 unspecified atom stereocenters. The molecular formula is C30H29FN4O5. The summed E-state index contributed by atoms with van der Waals surface area (Å²) in [6.07, 6.45) is 3.45. The number of nitrogens with zero attached hydrogens (tertiary/aromatic N) is 3. The second kappa shape index (κ2) is 12.5. The molecule has 5 rings (SSSR count). The molecule has 206 valence electrons. The predicted molar refractivity (Wildman–Crippen MR) is 147 cm³/mol. The van der Waals surface area contributed by atoms with Crippen LogP contribution in [0.2, 0.25) is 0 Å². The fourth-order valence-corrected chi connectivity index (χ4v) is 4.37. The van der Waals surface area contributed by atoms with E-state index in [1.807, 2.05) is 0 Å². The average molecular weight is 545 g/mol. The first-order valence-corrected chi connectivity index (χ1v) is 12.9. The number of benzene rings is 3. The van der Waals surface area contributed by atoms with Gasteiger partial charge >= 0.3 is 0 Å². The third-order valence-electron chi connectivity index (χ3n) is 6.58. The molecular weight excluding hydrogens is 515 g/mol. The maximum Gasteiger partial charge on any atom is 0.255 e. The zero-order valence-corrected chi connectivity index (χ0v) is 21.6. The third kappa shape index (κ3) is 7.10. The Kier molecular flexibility index (Phi) is 8.48. The summed E-state index contributed by atoms with van der Waals surface area (Å²) in [6, 6.07) is 19.1. The molecule has 0 bridgehead atoms. The zero-order valence-electron chi connectivity index (χ0n) is 21.6. The number of carbonyl (C=O) groups excluding carboxylic acids is 1. The first kappa shape index (κ1) is 27.0. The van der Waals surface area contributed by atoms with Crippen molar-refractivity contribution in [3.63, 3.8) is 0 Å². The van der Waals surface area contributed by atoms with Crippen LogP contribution in [0.25, 0.3) is 0 Å². The summed E-state index contributed by atoms with van der Waals surface area (Å²) >= 11 is 0. The smallest absolute Gasteiger partial charge is 0.255 e. The quantitative estimate of drug-likeness (QED) is 0.254. The van der Waals surface area contributed by atoms with Gasteiger partial charge in [0.25, 0.3) is 5.91 Å². The van der Waals surface area contributed by atoms with Crippen LogP contribution in [-0.2, 0) is 0 Å². The van der Waals surface area contributed by atoms with E-state index in [0.717, 1.165) is 25.9 Å². The maximum atomic E-state index is 13.1. The Hall–Kier alpha value is -4.54. The van der Waals surface area contributed by atoms with E-state index in [-0.39, 0.29) is 11.7 Å². The molecule has 10 heteroatoms. The second-order valence-electron chi connectivity index (χ2n) is 9.50. The minimum absolute atomic E-state index is 0.333. The van der Waals surface area contributed by atoms with Crippen LogP contribution in [0.4, 0.5) is 16.0 Å². The Morgan fingerprint density at radius 1 is 0.950 bits per heavy atom. The summed E-state index contributed by atoms with van der Waals surface area (Å²) in [5, 5.41) is 21.5. The average Bonchev–Trinajstić information content (AvgIpc) is 2.98. The van der Waals surface area contributed by atoms with Gasteiger partial charge in [-0.3, -0.25) is 4.79 Å². The molecule has 9 nitrogen and oxygen atoms in total. The standard InChI is InChI=1S/C30H29FN4O5/c31-23-7-9-25(10-8-23)40-27-6-1-3-21(15-27)28(36)34-24-17-32-30(33-18-24)35-13-11-20(12-14-35)19-39-26-5-2-4-22(16-26)29(37)38/h1-10,15-18,20,29,37-38H,11-14,19H2,(H,34,36). The number of aliphatic hydroxyl groups is 2. The lowest BCUT2D eigenvalue weighted by molar-refractivity contribution is -0.0426. The van der Waals surface area contributed by atoms with Crippen LogP contribution >= 0.6 is 0 Å². The molecule has 1 aliphatic rings. The Morgan fingerprint density at radius 2 is 1.65 bits per heavy atom. The van der Waals surface area contributed by atoms with Gasteiger partial charge in [0.1, 0.15) is 23.1 Å². The zero-order chi connectivity index (χ0) is 27.9. The Bertz CT molecular complexity index is 1420. The molecule has 1 fully saturated rings. The van der Waals surface area contributed by atoms with Gasteiger partial charge in [-0.2, -0.15) is 0 Å². The van der Waals surface area contributed by atoms with Crippen molar-refractivity contribution in [3.05, 3.63) is 102 Å². The van der Waals surface area contributed by atoms with Crippen molar-refractivity contribution in [2.75, 3.05) is 29.9 Å². The van der Waals surface area contributed by atoms with Crippen LogP contribution < -0.4 is 19.7 Å². The molecule has 4 aromatic rings. The largest absolute Gasteiger partial charge is 0.493 e. The molecule has 0 aliphatic carbocycles. The van der Waals surface area contributed by atoms with Crippen LogP contribution in [0, 0.1) is 11.7 Å². The summed E-state index contributed by atoms with van der Waals surface area (Å²) in [7, 11) is 0. The van der Waals surface area contributed by atoms with Crippen molar-refractivity contribution >= 4 is 17.5 Å². The summed E-state index contributed by atoms with van der Waals surface area (Å²) in [6.45, 7) is 2.09. The van der Waals surface area contributed by atoms with Crippen molar-refractivity contribution in [1.82, 2.24) is 9.97 Å². The SMILES string of the molecule is O=C(Nc1cnc(N2CCC(COc3cccc(C(O)O)c3)CC2)nc1)c1cccc(Oc2ccc(F)cc2)c1. The molecule has 1 aliphatic heterocycles. The number of aliphatic hydroxyl groups excluding tert-OH is 1. The molecule has 0 spiro atoms. The summed E-state index contributed by atoms with van der Waals surface area (Å²) in [5.41, 5.74) is 1.26. The Morgan fingerprint density at radius 3 is 2.38 bits per heavy atom. The third-order valence-corrected chi connectivity index (χ3v) is 6.58. The second-order valence-corrected chi connectivity index (χ2v) is 9.50. The van der Waals surface area contributed by atoms with Gasteiger partial charge in [0.15, 0.2) is 6.29 Å². The summed E-state index contributed by atoms with van der Waals surface area (Å²) in [5.74, 6) is 1.80. The molecule has 3 N–H and O–H groups in total. The van der Waals surface area contributed by atoms with Crippen molar-refractivity contribution < 1.29 is 28.9 Å². The maximum absolute atomic E-state index is 13.1. The number of amides is 1. The minimum Gasteiger partial charge on any atom is -0.493 e. The van der Waals surface area contributed by atoms with Gasteiger partial charge in [0.05, 0.1) is 24.7 Å². The van der Waals surface area contributed by atoms with Crippen LogP contribution in [0.15, 0.2) is 85.2 Å². The number of hydrogen-bond donors (Lipinski definition) is 3. The van der Waals surface area contributed by atoms with E-state index in [9.17, 15) is 19.4 Å². The fourth-order valence-electron chi connectivity index (χ4n) is 4.37. The normalized spacial score (nSPS) is 13.8. The summed E-state index contributed by atoms with van der Waals surface area (Å²) < 4.78 is 24.7. The van der Waals surface area contributed by atoms with Gasteiger partial charge in [-0.25, -0.2) is 14.4 Å². The van der Waals surface area contributed by atoms with Crippen LogP contribution in [0.3, 0.4) is 0 Å². The van der Waals surface area contributed by atoms with Crippen molar-refractivity contribution in [2.45, 2.75) is 19.1 Å². The van der Waals surface area contributed by atoms with Crippen molar-refractivity contribution in [2.24, 2.45) is 5.92 Å². The van der Waals surface area contributed by atoms with E-state index < -0.39 is 6.29 Å². The van der Waals surface area contributed by atoms with Gasteiger partial charge in [-0.15, -0.1) is 0 Å². The molecule has 1 saturated heterocycles. The van der Waals surface area contributed by atoms with E-state index in [0.29, 0.717) is 52.5 Å². The first-order chi connectivity index (χ1) is 19.4. The number of carbonyl (C=O) groups is 1. The Balaban J connectivity index is 1.10. The number of ether oxygens (including phenoxy) is 2. The molecule has 1 amide bonds. The molecule has 0 radical (unpaired) electrons. The number of rotatable bonds is 9. The molecule has 1 aromatic heterocycles. The molecule has 3 aromatic carbocycles. The van der Waals surface area contributed by atoms with Crippen LogP contribution in [0.1, 0.15) is 35.1 Å². The van der Waals surface area contributed by atoms with Crippen molar-refractivity contribution in [3.8, 4) is 17.2 Å². The monoisotopic (exact) mass is 544 g/mol. The molecule has 0 atom stereocenters. The van der Waals surface area contributed by atoms with E-state index in [2.05, 4.69) is 20.2 Å². The number of piperidine rings is 1. The number of hydrogen-bond acceptors (Lipinski definition) is 8. The van der Waals surface area contributed by atoms with E-state index in [4.69, 9.17) is 9.47 Å². The number of aromatic nitrogens is 2. The highest BCUT2D eigenvalue weighted by atomic mass is 19.1. The lowest BCUT2D eigenvalue weighted by Gasteiger charge is -2.31. The molecule has 0 saturated carbocycles. The van der Waals surface area contributed by atoms with E-state index in [1.54, 1.807) is 60.9 Å². The van der Waals surface area contributed by atoms with E-state index >= 15 is 0 Å². The number of anilines is 2.